The van der Waals surface area contributed by atoms with Crippen LogP contribution in [0.5, 0.6) is 11.5 Å². The van der Waals surface area contributed by atoms with Crippen LogP contribution in [0.25, 0.3) is 0 Å². The average Bonchev–Trinajstić information content (AvgIpc) is 3.23. The quantitative estimate of drug-likeness (QED) is 0.196. The summed E-state index contributed by atoms with van der Waals surface area (Å²) in [6.45, 7) is 12.4. The van der Waals surface area contributed by atoms with Crippen molar-refractivity contribution in [2.24, 2.45) is 0 Å². The molecular weight excluding hydrogens is 580 g/mol. The van der Waals surface area contributed by atoms with E-state index < -0.39 is 5.54 Å². The molecule has 3 heterocycles. The van der Waals surface area contributed by atoms with Crippen LogP contribution in [0.3, 0.4) is 0 Å². The predicted octanol–water partition coefficient (Wildman–Crippen LogP) is 8.13. The number of fused-ring (bicyclic) bond motifs is 6. The molecule has 2 aliphatic heterocycles. The van der Waals surface area contributed by atoms with Gasteiger partial charge < -0.3 is 14.5 Å². The maximum Gasteiger partial charge on any atom is 0.135 e. The van der Waals surface area contributed by atoms with Gasteiger partial charge in [0.2, 0.25) is 0 Å². The lowest BCUT2D eigenvalue weighted by Crippen LogP contribution is -2.47. The van der Waals surface area contributed by atoms with Crippen molar-refractivity contribution in [3.8, 4) is 11.5 Å². The molecule has 40 heavy (non-hydrogen) atoms. The number of nitrogens with zero attached hydrogens (tertiary/aromatic N) is 4. The van der Waals surface area contributed by atoms with Crippen molar-refractivity contribution in [1.82, 2.24) is 4.98 Å². The normalized spacial score (nSPS) is 14.4. The number of hydrogen-bond donors (Lipinski definition) is 0. The van der Waals surface area contributed by atoms with Crippen LogP contribution >= 0.6 is 28.1 Å². The number of pyridine rings is 1. The van der Waals surface area contributed by atoms with Crippen molar-refractivity contribution in [1.29, 1.82) is 0 Å². The van der Waals surface area contributed by atoms with Crippen LogP contribution in [0.2, 0.25) is 0 Å². The van der Waals surface area contributed by atoms with Crippen LogP contribution < -0.4 is 19.4 Å². The molecule has 5 nitrogen and oxygen atoms in total. The molecule has 1 spiro atoms. The van der Waals surface area contributed by atoms with E-state index in [0.717, 1.165) is 86.6 Å². The Morgan fingerprint density at radius 2 is 1.35 bits per heavy atom. The highest BCUT2D eigenvalue weighted by atomic mass is 79.9. The van der Waals surface area contributed by atoms with Gasteiger partial charge in [-0.3, -0.25) is 4.90 Å². The fourth-order valence-electron chi connectivity index (χ4n) is 6.31. The van der Waals surface area contributed by atoms with E-state index in [0.29, 0.717) is 0 Å². The first kappa shape index (κ1) is 26.8. The van der Waals surface area contributed by atoms with Gasteiger partial charge in [0.05, 0.1) is 0 Å². The molecule has 2 aliphatic rings. The van der Waals surface area contributed by atoms with Gasteiger partial charge in [-0.05, 0) is 73.5 Å². The van der Waals surface area contributed by atoms with Crippen LogP contribution in [0.15, 0.2) is 83.5 Å². The highest BCUT2D eigenvalue weighted by molar-refractivity contribution is 9.10. The number of ether oxygens (including phenoxy) is 1. The van der Waals surface area contributed by atoms with Crippen molar-refractivity contribution in [3.05, 3.63) is 106 Å². The number of thiocarbonyl (C=S) groups is 1. The molecule has 7 heteroatoms. The zero-order valence-electron chi connectivity index (χ0n) is 23.3. The van der Waals surface area contributed by atoms with E-state index in [-0.39, 0.29) is 0 Å². The van der Waals surface area contributed by atoms with Crippen LogP contribution in [0.1, 0.15) is 49.9 Å². The summed E-state index contributed by atoms with van der Waals surface area (Å²) in [6.07, 6.45) is 1.84. The minimum Gasteiger partial charge on any atom is -0.456 e. The molecule has 3 aromatic carbocycles. The summed E-state index contributed by atoms with van der Waals surface area (Å²) in [6, 6.07) is 25.8. The SMILES string of the molecule is CCN(CC)c1ccc2c(c1)Oc1cc(N(CC)CC)ccc1C21c2ccccc2C(=S)N1c1ccc(Br)cn1. The highest BCUT2D eigenvalue weighted by Crippen LogP contribution is 2.59. The molecular formula is C33H33BrN4OS. The average molecular weight is 614 g/mol. The zero-order chi connectivity index (χ0) is 28.0. The lowest BCUT2D eigenvalue weighted by atomic mass is 9.74. The first-order valence-electron chi connectivity index (χ1n) is 14.0. The molecule has 0 amide bonds. The number of hydrogen-bond acceptors (Lipinski definition) is 5. The fourth-order valence-corrected chi connectivity index (χ4v) is 6.95. The van der Waals surface area contributed by atoms with Gasteiger partial charge in [0, 0.05) is 77.0 Å². The summed E-state index contributed by atoms with van der Waals surface area (Å²) >= 11 is 9.81. The van der Waals surface area contributed by atoms with E-state index in [4.69, 9.17) is 21.9 Å². The maximum absolute atomic E-state index is 6.83. The van der Waals surface area contributed by atoms with Gasteiger partial charge >= 0.3 is 0 Å². The number of rotatable bonds is 7. The van der Waals surface area contributed by atoms with E-state index in [1.54, 1.807) is 0 Å². The third-order valence-electron chi connectivity index (χ3n) is 8.21. The summed E-state index contributed by atoms with van der Waals surface area (Å²) in [5.74, 6) is 2.48. The second-order valence-corrected chi connectivity index (χ2v) is 11.3. The van der Waals surface area contributed by atoms with Gasteiger partial charge in [0.1, 0.15) is 27.8 Å². The monoisotopic (exact) mass is 612 g/mol. The first-order valence-corrected chi connectivity index (χ1v) is 15.2. The van der Waals surface area contributed by atoms with Gasteiger partial charge in [0.25, 0.3) is 0 Å². The van der Waals surface area contributed by atoms with Gasteiger partial charge in [0.15, 0.2) is 0 Å². The molecule has 0 aliphatic carbocycles. The molecule has 0 saturated carbocycles. The standard InChI is InChI=1S/C33H33BrN4OS/c1-5-36(6-2)23-14-16-27-29(19-23)39-30-20-24(37(7-3)8-4)15-17-28(30)33(27)26-12-10-9-11-25(26)32(40)38(33)31-18-13-22(34)21-35-31/h9-21H,5-8H2,1-4H3. The Morgan fingerprint density at radius 3 is 1.88 bits per heavy atom. The molecule has 204 valence electrons. The third kappa shape index (κ3) is 3.93. The number of benzene rings is 3. The Morgan fingerprint density at radius 1 is 0.775 bits per heavy atom. The first-order chi connectivity index (χ1) is 19.5. The van der Waals surface area contributed by atoms with Crippen molar-refractivity contribution >= 4 is 50.3 Å². The highest BCUT2D eigenvalue weighted by Gasteiger charge is 2.56. The van der Waals surface area contributed by atoms with Crippen LogP contribution in [0.4, 0.5) is 17.2 Å². The number of anilines is 3. The zero-order valence-corrected chi connectivity index (χ0v) is 25.7. The van der Waals surface area contributed by atoms with Crippen LogP contribution in [-0.2, 0) is 5.54 Å². The van der Waals surface area contributed by atoms with E-state index >= 15 is 0 Å². The topological polar surface area (TPSA) is 31.8 Å². The second-order valence-electron chi connectivity index (χ2n) is 10.0. The van der Waals surface area contributed by atoms with Crippen LogP contribution in [-0.4, -0.2) is 36.2 Å². The summed E-state index contributed by atoms with van der Waals surface area (Å²) in [7, 11) is 0. The molecule has 0 saturated heterocycles. The van der Waals surface area contributed by atoms with Gasteiger partial charge in [-0.25, -0.2) is 4.98 Å². The number of aromatic nitrogens is 1. The summed E-state index contributed by atoms with van der Waals surface area (Å²) < 4.78 is 7.75. The fraction of sp³-hybridized carbons (Fsp3) is 0.273. The van der Waals surface area contributed by atoms with Gasteiger partial charge in [-0.2, -0.15) is 0 Å². The molecule has 0 bridgehead atoms. The Labute approximate surface area is 250 Å². The van der Waals surface area contributed by atoms with E-state index in [1.165, 1.54) is 0 Å². The second kappa shape index (κ2) is 10.5. The molecule has 0 atom stereocenters. The Balaban J connectivity index is 1.70. The lowest BCUT2D eigenvalue weighted by Gasteiger charge is -2.45. The summed E-state index contributed by atoms with van der Waals surface area (Å²) in [5, 5.41) is 0. The van der Waals surface area contributed by atoms with Gasteiger partial charge in [-0.15, -0.1) is 0 Å². The molecule has 0 N–H and O–H groups in total. The van der Waals surface area contributed by atoms with E-state index in [2.05, 4.69) is 119 Å². The molecule has 0 unspecified atom stereocenters. The molecule has 1 aromatic heterocycles. The largest absolute Gasteiger partial charge is 0.456 e. The minimum absolute atomic E-state index is 0.735. The summed E-state index contributed by atoms with van der Waals surface area (Å²) in [4.78, 5) is 12.5. The molecule has 6 rings (SSSR count). The lowest BCUT2D eigenvalue weighted by molar-refractivity contribution is 0.423. The Hall–Kier alpha value is -3.42. The third-order valence-corrected chi connectivity index (χ3v) is 9.09. The van der Waals surface area contributed by atoms with Crippen molar-refractivity contribution in [3.63, 3.8) is 0 Å². The minimum atomic E-state index is -0.735. The van der Waals surface area contributed by atoms with Gasteiger partial charge in [-0.1, -0.05) is 48.6 Å². The van der Waals surface area contributed by atoms with Crippen molar-refractivity contribution in [2.75, 3.05) is 40.9 Å². The number of halogens is 1. The van der Waals surface area contributed by atoms with E-state index in [9.17, 15) is 0 Å². The van der Waals surface area contributed by atoms with Crippen molar-refractivity contribution < 1.29 is 4.74 Å². The van der Waals surface area contributed by atoms with E-state index in [1.807, 2.05) is 18.3 Å². The molecule has 4 aromatic rings. The smallest absolute Gasteiger partial charge is 0.135 e. The van der Waals surface area contributed by atoms with Crippen molar-refractivity contribution in [2.45, 2.75) is 33.2 Å². The predicted molar refractivity (Wildman–Crippen MR) is 173 cm³/mol. The molecule has 0 fully saturated rings. The summed E-state index contributed by atoms with van der Waals surface area (Å²) in [5.41, 5.74) is 5.85. The Kier molecular flexibility index (Phi) is 7.05. The maximum atomic E-state index is 6.83. The molecule has 0 radical (unpaired) electrons. The van der Waals surface area contributed by atoms with Crippen LogP contribution in [0, 0.1) is 0 Å². The Bertz CT molecular complexity index is 1520.